The van der Waals surface area contributed by atoms with Crippen molar-refractivity contribution in [3.8, 4) is 0 Å². The van der Waals surface area contributed by atoms with Gasteiger partial charge in [-0.15, -0.1) is 0 Å². The topological polar surface area (TPSA) is 29.3 Å². The zero-order chi connectivity index (χ0) is 18.4. The van der Waals surface area contributed by atoms with Crippen LogP contribution in [0.25, 0.3) is 0 Å². The number of nitrogens with two attached hydrogens (primary N) is 1. The summed E-state index contributed by atoms with van der Waals surface area (Å²) < 4.78 is 26.6. The van der Waals surface area contributed by atoms with Crippen molar-refractivity contribution in [1.82, 2.24) is 4.90 Å². The van der Waals surface area contributed by atoms with Crippen LogP contribution < -0.4 is 5.73 Å². The molecular weight excluding hydrogens is 318 g/mol. The van der Waals surface area contributed by atoms with Crippen LogP contribution in [0.4, 0.5) is 8.78 Å². The maximum atomic E-state index is 13.3. The first-order valence-electron chi connectivity index (χ1n) is 8.84. The number of hydrogen-bond donors (Lipinski definition) is 1. The van der Waals surface area contributed by atoms with E-state index in [2.05, 4.69) is 50.1 Å². The van der Waals surface area contributed by atoms with Gasteiger partial charge in [0.05, 0.1) is 0 Å². The average molecular weight is 346 g/mol. The molecule has 2 atom stereocenters. The molecule has 0 radical (unpaired) electrons. The van der Waals surface area contributed by atoms with Gasteiger partial charge in [0.15, 0.2) is 0 Å². The van der Waals surface area contributed by atoms with Crippen LogP contribution in [0.5, 0.6) is 0 Å². The van der Waals surface area contributed by atoms with Crippen LogP contribution in [0.1, 0.15) is 30.5 Å². The predicted molar refractivity (Wildman–Crippen MR) is 99.4 cm³/mol. The second-order valence-corrected chi connectivity index (χ2v) is 6.99. The SMILES string of the molecule is CCc1cccc(CN(C)CC(C)C(N)Cc2cc(F)cc(F)c2)c1. The number of nitrogens with zero attached hydrogens (tertiary/aromatic N) is 1. The highest BCUT2D eigenvalue weighted by molar-refractivity contribution is 5.23. The predicted octanol–water partition coefficient (Wildman–Crippen LogP) is 4.17. The summed E-state index contributed by atoms with van der Waals surface area (Å²) in [5.74, 6) is -0.892. The fourth-order valence-corrected chi connectivity index (χ4v) is 3.15. The normalized spacial score (nSPS) is 13.9. The fourth-order valence-electron chi connectivity index (χ4n) is 3.15. The van der Waals surface area contributed by atoms with Crippen molar-refractivity contribution >= 4 is 0 Å². The third-order valence-electron chi connectivity index (χ3n) is 4.58. The Balaban J connectivity index is 1.89. The van der Waals surface area contributed by atoms with Crippen LogP contribution >= 0.6 is 0 Å². The molecule has 0 aliphatic heterocycles. The molecule has 2 aromatic carbocycles. The number of aryl methyl sites for hydroxylation is 1. The Bertz CT molecular complexity index is 667. The molecular formula is C21H28F2N2. The first kappa shape index (κ1) is 19.5. The van der Waals surface area contributed by atoms with Gasteiger partial charge >= 0.3 is 0 Å². The van der Waals surface area contributed by atoms with E-state index < -0.39 is 11.6 Å². The van der Waals surface area contributed by atoms with Crippen LogP contribution in [0.2, 0.25) is 0 Å². The van der Waals surface area contributed by atoms with Crippen molar-refractivity contribution in [2.75, 3.05) is 13.6 Å². The number of rotatable bonds is 8. The highest BCUT2D eigenvalue weighted by atomic mass is 19.1. The van der Waals surface area contributed by atoms with Crippen molar-refractivity contribution < 1.29 is 8.78 Å². The van der Waals surface area contributed by atoms with Crippen molar-refractivity contribution in [1.29, 1.82) is 0 Å². The van der Waals surface area contributed by atoms with E-state index in [4.69, 9.17) is 5.73 Å². The molecule has 2 rings (SSSR count). The van der Waals surface area contributed by atoms with Gasteiger partial charge in [0.1, 0.15) is 11.6 Å². The van der Waals surface area contributed by atoms with E-state index in [1.54, 1.807) is 0 Å². The van der Waals surface area contributed by atoms with Crippen LogP contribution in [-0.4, -0.2) is 24.5 Å². The lowest BCUT2D eigenvalue weighted by molar-refractivity contribution is 0.256. The smallest absolute Gasteiger partial charge is 0.126 e. The molecule has 2 nitrogen and oxygen atoms in total. The van der Waals surface area contributed by atoms with E-state index in [-0.39, 0.29) is 12.0 Å². The highest BCUT2D eigenvalue weighted by Crippen LogP contribution is 2.15. The first-order valence-corrected chi connectivity index (χ1v) is 8.84. The molecule has 0 spiro atoms. The molecule has 0 fully saturated rings. The lowest BCUT2D eigenvalue weighted by Crippen LogP contribution is -2.37. The van der Waals surface area contributed by atoms with Crippen molar-refractivity contribution in [2.45, 2.75) is 39.3 Å². The minimum Gasteiger partial charge on any atom is -0.327 e. The molecule has 0 aliphatic carbocycles. The number of hydrogen-bond acceptors (Lipinski definition) is 2. The van der Waals surface area contributed by atoms with E-state index >= 15 is 0 Å². The van der Waals surface area contributed by atoms with Gasteiger partial charge in [-0.05, 0) is 54.6 Å². The van der Waals surface area contributed by atoms with Gasteiger partial charge in [0.25, 0.3) is 0 Å². The van der Waals surface area contributed by atoms with Gasteiger partial charge in [-0.2, -0.15) is 0 Å². The molecule has 2 unspecified atom stereocenters. The maximum Gasteiger partial charge on any atom is 0.126 e. The van der Waals surface area contributed by atoms with E-state index in [1.807, 2.05) is 0 Å². The molecule has 4 heteroatoms. The van der Waals surface area contributed by atoms with Gasteiger partial charge < -0.3 is 10.6 Å². The van der Waals surface area contributed by atoms with Gasteiger partial charge in [-0.25, -0.2) is 8.78 Å². The quantitative estimate of drug-likeness (QED) is 0.777. The molecule has 0 saturated carbocycles. The number of halogens is 2. The molecule has 0 bridgehead atoms. The minimum atomic E-state index is -0.553. The lowest BCUT2D eigenvalue weighted by atomic mass is 9.95. The molecule has 25 heavy (non-hydrogen) atoms. The zero-order valence-electron chi connectivity index (χ0n) is 15.3. The van der Waals surface area contributed by atoms with Crippen LogP contribution in [0.3, 0.4) is 0 Å². The fraction of sp³-hybridized carbons (Fsp3) is 0.429. The number of benzene rings is 2. The Morgan fingerprint density at radius 3 is 2.28 bits per heavy atom. The van der Waals surface area contributed by atoms with E-state index in [0.29, 0.717) is 12.0 Å². The lowest BCUT2D eigenvalue weighted by Gasteiger charge is -2.26. The summed E-state index contributed by atoms with van der Waals surface area (Å²) in [6.07, 6.45) is 1.50. The van der Waals surface area contributed by atoms with Crippen LogP contribution in [0.15, 0.2) is 42.5 Å². The van der Waals surface area contributed by atoms with Crippen molar-refractivity contribution in [2.24, 2.45) is 11.7 Å². The molecule has 2 aromatic rings. The molecule has 0 heterocycles. The summed E-state index contributed by atoms with van der Waals surface area (Å²) in [5, 5.41) is 0. The molecule has 0 saturated heterocycles. The summed E-state index contributed by atoms with van der Waals surface area (Å²) in [6.45, 7) is 5.92. The standard InChI is InChI=1S/C21H28F2N2/c1-4-16-6-5-7-17(8-16)14-25(3)13-15(2)21(24)11-18-9-19(22)12-20(23)10-18/h5-10,12,15,21H,4,11,13-14,24H2,1-3H3. The van der Waals surface area contributed by atoms with Crippen LogP contribution in [0, 0.1) is 17.6 Å². The Hall–Kier alpha value is -1.78. The largest absolute Gasteiger partial charge is 0.327 e. The summed E-state index contributed by atoms with van der Waals surface area (Å²) in [6, 6.07) is 12.1. The second-order valence-electron chi connectivity index (χ2n) is 6.99. The van der Waals surface area contributed by atoms with Crippen LogP contribution in [-0.2, 0) is 19.4 Å². The molecule has 0 aromatic heterocycles. The van der Waals surface area contributed by atoms with Gasteiger partial charge in [0, 0.05) is 25.2 Å². The molecule has 136 valence electrons. The molecule has 0 aliphatic rings. The Morgan fingerprint density at radius 2 is 1.64 bits per heavy atom. The van der Waals surface area contributed by atoms with Gasteiger partial charge in [-0.3, -0.25) is 0 Å². The third kappa shape index (κ3) is 6.22. The Kier molecular flexibility index (Phi) is 7.09. The first-order chi connectivity index (χ1) is 11.9. The molecule has 0 amide bonds. The molecule has 2 N–H and O–H groups in total. The van der Waals surface area contributed by atoms with Gasteiger partial charge in [-0.1, -0.05) is 38.1 Å². The summed E-state index contributed by atoms with van der Waals surface area (Å²) in [5.41, 5.74) is 9.50. The van der Waals surface area contributed by atoms with Crippen molar-refractivity contribution in [3.63, 3.8) is 0 Å². The summed E-state index contributed by atoms with van der Waals surface area (Å²) >= 11 is 0. The Labute approximate surface area is 149 Å². The summed E-state index contributed by atoms with van der Waals surface area (Å²) in [4.78, 5) is 2.24. The van der Waals surface area contributed by atoms with Gasteiger partial charge in [0.2, 0.25) is 0 Å². The van der Waals surface area contributed by atoms with Crippen molar-refractivity contribution in [3.05, 3.63) is 70.8 Å². The minimum absolute atomic E-state index is 0.148. The zero-order valence-corrected chi connectivity index (χ0v) is 15.3. The summed E-state index contributed by atoms with van der Waals surface area (Å²) in [7, 11) is 2.07. The second kappa shape index (κ2) is 9.07. The van der Waals surface area contributed by atoms with E-state index in [9.17, 15) is 8.78 Å². The monoisotopic (exact) mass is 346 g/mol. The average Bonchev–Trinajstić information content (AvgIpc) is 2.53. The maximum absolute atomic E-state index is 13.3. The van der Waals surface area contributed by atoms with E-state index in [0.717, 1.165) is 25.6 Å². The van der Waals surface area contributed by atoms with E-state index in [1.165, 1.54) is 23.3 Å². The highest BCUT2D eigenvalue weighted by Gasteiger charge is 2.16. The third-order valence-corrected chi connectivity index (χ3v) is 4.58. The Morgan fingerprint density at radius 1 is 1.00 bits per heavy atom.